The van der Waals surface area contributed by atoms with E-state index in [1.54, 1.807) is 0 Å². The number of hydrogen-bond donors (Lipinski definition) is 1. The third kappa shape index (κ3) is 3.09. The molecule has 1 aliphatic heterocycles. The summed E-state index contributed by atoms with van der Waals surface area (Å²) in [5.41, 5.74) is 1.67. The number of nitrogens with zero attached hydrogens (tertiary/aromatic N) is 2. The zero-order chi connectivity index (χ0) is 15.8. The molecule has 0 radical (unpaired) electrons. The molecule has 1 atom stereocenters. The van der Waals surface area contributed by atoms with Gasteiger partial charge in [-0.05, 0) is 38.3 Å². The highest BCUT2D eigenvalue weighted by Crippen LogP contribution is 2.29. The van der Waals surface area contributed by atoms with Gasteiger partial charge in [-0.1, -0.05) is 12.1 Å². The summed E-state index contributed by atoms with van der Waals surface area (Å²) in [5.74, 6) is 1.76. The van der Waals surface area contributed by atoms with Crippen molar-refractivity contribution in [1.29, 1.82) is 0 Å². The van der Waals surface area contributed by atoms with E-state index >= 15 is 0 Å². The van der Waals surface area contributed by atoms with E-state index in [1.165, 1.54) is 0 Å². The standard InChI is InChI=1S/C18H21N3O2/c1-12-10-21-11-13(6-9-17(21)19-12)20-18(22)15-4-2-3-5-16(15)23-14-7-8-14/h2-5,10,13-14H,6-9,11H2,1H3,(H,20,22)/t13-/m1/s1. The molecule has 2 aromatic rings. The zero-order valence-corrected chi connectivity index (χ0v) is 13.3. The maximum Gasteiger partial charge on any atom is 0.255 e. The Bertz CT molecular complexity index is 734. The van der Waals surface area contributed by atoms with Gasteiger partial charge in [0.05, 0.1) is 17.4 Å². The van der Waals surface area contributed by atoms with Crippen LogP contribution < -0.4 is 10.1 Å². The molecule has 5 heteroatoms. The summed E-state index contributed by atoms with van der Waals surface area (Å²) in [4.78, 5) is 17.1. The quantitative estimate of drug-likeness (QED) is 0.944. The second-order valence-electron chi connectivity index (χ2n) is 6.47. The van der Waals surface area contributed by atoms with Crippen molar-refractivity contribution in [2.24, 2.45) is 0 Å². The van der Waals surface area contributed by atoms with E-state index in [-0.39, 0.29) is 18.1 Å². The predicted molar refractivity (Wildman–Crippen MR) is 86.6 cm³/mol. The van der Waals surface area contributed by atoms with Crippen LogP contribution in [0.25, 0.3) is 0 Å². The molecule has 1 fully saturated rings. The maximum atomic E-state index is 12.6. The minimum atomic E-state index is -0.0495. The van der Waals surface area contributed by atoms with Crippen LogP contribution in [0, 0.1) is 6.92 Å². The second kappa shape index (κ2) is 5.72. The van der Waals surface area contributed by atoms with Crippen molar-refractivity contribution >= 4 is 5.91 Å². The smallest absolute Gasteiger partial charge is 0.255 e. The molecule has 1 amide bonds. The molecule has 1 aliphatic carbocycles. The summed E-state index contributed by atoms with van der Waals surface area (Å²) in [7, 11) is 0. The number of carbonyl (C=O) groups is 1. The van der Waals surface area contributed by atoms with Crippen LogP contribution in [0.3, 0.4) is 0 Å². The highest BCUT2D eigenvalue weighted by Gasteiger charge is 2.27. The van der Waals surface area contributed by atoms with Crippen LogP contribution in [0.15, 0.2) is 30.5 Å². The van der Waals surface area contributed by atoms with Crippen LogP contribution in [-0.4, -0.2) is 27.6 Å². The number of amides is 1. The van der Waals surface area contributed by atoms with Crippen LogP contribution in [-0.2, 0) is 13.0 Å². The van der Waals surface area contributed by atoms with Crippen LogP contribution in [0.4, 0.5) is 0 Å². The van der Waals surface area contributed by atoms with Gasteiger partial charge in [-0.3, -0.25) is 4.79 Å². The molecule has 5 nitrogen and oxygen atoms in total. The lowest BCUT2D eigenvalue weighted by Gasteiger charge is -2.25. The van der Waals surface area contributed by atoms with Crippen molar-refractivity contribution < 1.29 is 9.53 Å². The topological polar surface area (TPSA) is 56.2 Å². The Balaban J connectivity index is 1.46. The summed E-state index contributed by atoms with van der Waals surface area (Å²) >= 11 is 0. The molecule has 4 rings (SSSR count). The van der Waals surface area contributed by atoms with Crippen LogP contribution in [0.5, 0.6) is 5.75 Å². The Kier molecular flexibility index (Phi) is 3.56. The molecule has 0 spiro atoms. The normalized spacial score (nSPS) is 20.0. The molecule has 1 aromatic heterocycles. The van der Waals surface area contributed by atoms with E-state index in [0.29, 0.717) is 11.3 Å². The van der Waals surface area contributed by atoms with E-state index in [1.807, 2.05) is 31.2 Å². The van der Waals surface area contributed by atoms with Crippen molar-refractivity contribution in [3.05, 3.63) is 47.5 Å². The number of rotatable bonds is 4. The van der Waals surface area contributed by atoms with Crippen molar-refractivity contribution in [2.75, 3.05) is 0 Å². The summed E-state index contributed by atoms with van der Waals surface area (Å²) in [6.07, 6.45) is 6.34. The van der Waals surface area contributed by atoms with Gasteiger partial charge in [0, 0.05) is 25.2 Å². The average molecular weight is 311 g/mol. The first-order valence-electron chi connectivity index (χ1n) is 8.28. The highest BCUT2D eigenvalue weighted by molar-refractivity contribution is 5.97. The molecule has 2 aliphatic rings. The van der Waals surface area contributed by atoms with E-state index in [0.717, 1.165) is 43.7 Å². The summed E-state index contributed by atoms with van der Waals surface area (Å²) < 4.78 is 8.00. The van der Waals surface area contributed by atoms with Gasteiger partial charge in [0.15, 0.2) is 0 Å². The first-order valence-corrected chi connectivity index (χ1v) is 8.28. The molecule has 0 bridgehead atoms. The summed E-state index contributed by atoms with van der Waals surface area (Å²) in [6.45, 7) is 2.79. The highest BCUT2D eigenvalue weighted by atomic mass is 16.5. The lowest BCUT2D eigenvalue weighted by molar-refractivity contribution is 0.0923. The van der Waals surface area contributed by atoms with Gasteiger partial charge < -0.3 is 14.6 Å². The Labute approximate surface area is 135 Å². The Morgan fingerprint density at radius 1 is 1.30 bits per heavy atom. The molecule has 1 N–H and O–H groups in total. The number of imidazole rings is 1. The van der Waals surface area contributed by atoms with E-state index in [4.69, 9.17) is 4.74 Å². The number of aryl methyl sites for hydroxylation is 2. The number of aromatic nitrogens is 2. The van der Waals surface area contributed by atoms with E-state index < -0.39 is 0 Å². The number of carbonyl (C=O) groups excluding carboxylic acids is 1. The van der Waals surface area contributed by atoms with Crippen molar-refractivity contribution in [1.82, 2.24) is 14.9 Å². The van der Waals surface area contributed by atoms with Gasteiger partial charge in [0.2, 0.25) is 0 Å². The van der Waals surface area contributed by atoms with Gasteiger partial charge in [-0.25, -0.2) is 4.98 Å². The molecule has 0 unspecified atom stereocenters. The first kappa shape index (κ1) is 14.3. The average Bonchev–Trinajstić information content (AvgIpc) is 3.26. The Hall–Kier alpha value is -2.30. The molecule has 23 heavy (non-hydrogen) atoms. The van der Waals surface area contributed by atoms with Gasteiger partial charge in [-0.2, -0.15) is 0 Å². The minimum Gasteiger partial charge on any atom is -0.490 e. The molecule has 1 aromatic carbocycles. The largest absolute Gasteiger partial charge is 0.490 e. The lowest BCUT2D eigenvalue weighted by atomic mass is 10.1. The third-order valence-electron chi connectivity index (χ3n) is 4.40. The molecular formula is C18H21N3O2. The van der Waals surface area contributed by atoms with Gasteiger partial charge in [0.25, 0.3) is 5.91 Å². The van der Waals surface area contributed by atoms with Crippen LogP contribution in [0.2, 0.25) is 0 Å². The number of para-hydroxylation sites is 1. The Morgan fingerprint density at radius 3 is 2.96 bits per heavy atom. The number of hydrogen-bond acceptors (Lipinski definition) is 3. The molecule has 120 valence electrons. The van der Waals surface area contributed by atoms with Crippen LogP contribution in [0.1, 0.15) is 41.1 Å². The van der Waals surface area contributed by atoms with Crippen molar-refractivity contribution in [3.63, 3.8) is 0 Å². The molecule has 0 saturated heterocycles. The number of ether oxygens (including phenoxy) is 1. The van der Waals surface area contributed by atoms with Gasteiger partial charge in [0.1, 0.15) is 11.6 Å². The summed E-state index contributed by atoms with van der Waals surface area (Å²) in [6, 6.07) is 7.65. The molecular weight excluding hydrogens is 290 g/mol. The number of fused-ring (bicyclic) bond motifs is 1. The lowest BCUT2D eigenvalue weighted by Crippen LogP contribution is -2.41. The third-order valence-corrected chi connectivity index (χ3v) is 4.40. The Morgan fingerprint density at radius 2 is 2.13 bits per heavy atom. The zero-order valence-electron chi connectivity index (χ0n) is 13.3. The molecule has 1 saturated carbocycles. The van der Waals surface area contributed by atoms with Crippen molar-refractivity contribution in [3.8, 4) is 5.75 Å². The van der Waals surface area contributed by atoms with Gasteiger partial charge >= 0.3 is 0 Å². The summed E-state index contributed by atoms with van der Waals surface area (Å²) in [5, 5.41) is 3.15. The van der Waals surface area contributed by atoms with Crippen molar-refractivity contribution in [2.45, 2.75) is 51.3 Å². The fraction of sp³-hybridized carbons (Fsp3) is 0.444. The SMILES string of the molecule is Cc1cn2c(n1)CC[C@@H](NC(=O)c1ccccc1OC1CC1)C2. The number of nitrogens with one attached hydrogen (secondary N) is 1. The number of benzene rings is 1. The van der Waals surface area contributed by atoms with Crippen LogP contribution >= 0.6 is 0 Å². The minimum absolute atomic E-state index is 0.0495. The second-order valence-corrected chi connectivity index (χ2v) is 6.47. The fourth-order valence-electron chi connectivity index (χ4n) is 3.09. The maximum absolute atomic E-state index is 12.6. The van der Waals surface area contributed by atoms with Gasteiger partial charge in [-0.15, -0.1) is 0 Å². The van der Waals surface area contributed by atoms with E-state index in [9.17, 15) is 4.79 Å². The predicted octanol–water partition coefficient (Wildman–Crippen LogP) is 2.48. The fourth-order valence-corrected chi connectivity index (χ4v) is 3.09. The molecule has 2 heterocycles. The first-order chi connectivity index (χ1) is 11.2. The van der Waals surface area contributed by atoms with E-state index in [2.05, 4.69) is 21.1 Å². The monoisotopic (exact) mass is 311 g/mol.